The van der Waals surface area contributed by atoms with E-state index in [1.807, 2.05) is 21.1 Å². The number of likely N-dealkylation sites (N-methyl/N-ethyl adjacent to an activating group) is 1. The number of unbranched alkanes of at least 4 members (excludes halogenated alkanes) is 37. The van der Waals surface area contributed by atoms with Gasteiger partial charge in [-0.05, 0) is 57.8 Å². The number of nitrogens with zero attached hydrogens (tertiary/aromatic N) is 1. The molecule has 0 aliphatic heterocycles. The van der Waals surface area contributed by atoms with E-state index in [-0.39, 0.29) is 19.1 Å². The van der Waals surface area contributed by atoms with Gasteiger partial charge in [0.1, 0.15) is 13.2 Å². The van der Waals surface area contributed by atoms with Crippen LogP contribution in [0, 0.1) is 0 Å². The quantitative estimate of drug-likeness (QED) is 0.0243. The molecule has 9 heteroatoms. The molecule has 0 aromatic rings. The summed E-state index contributed by atoms with van der Waals surface area (Å²) >= 11 is 0. The Hall–Kier alpha value is -1.80. The summed E-state index contributed by atoms with van der Waals surface area (Å²) in [6.07, 6.45) is 78.7. The van der Waals surface area contributed by atoms with Crippen LogP contribution in [0.25, 0.3) is 0 Å². The van der Waals surface area contributed by atoms with E-state index in [0.717, 1.165) is 70.6 Å². The Morgan fingerprint density at radius 2 is 0.789 bits per heavy atom. The summed E-state index contributed by atoms with van der Waals surface area (Å²) in [7, 11) is 1.63. The summed E-state index contributed by atoms with van der Waals surface area (Å²) in [4.78, 5) is 23.4. The lowest BCUT2D eigenvalue weighted by atomic mass is 10.0. The standard InChI is InChI=1S/C67H127N2O6P/c1-6-8-10-12-14-16-18-20-22-24-26-28-29-30-31-32-33-34-35-36-37-38-39-41-43-45-47-49-51-53-55-57-59-61-67(71)68-65(64-75-76(72,73)74-63-62-69(3,4)5)66(70)60-58-56-54-52-50-48-46-44-42-40-27-25-23-21-19-17-15-13-11-9-7-2/h8,10,14,16,20,22,26,28,30-31,65-66,70H,6-7,9,11-13,15,17-19,21,23-25,27,29,32-64H2,1-5H3,(H-,68,71,72,73)/p+1/b10-8-,16-14-,22-20-,28-26-,31-30-. The first-order valence-corrected chi connectivity index (χ1v) is 34.1. The first kappa shape index (κ1) is 74.2. The second kappa shape index (κ2) is 57.9. The van der Waals surface area contributed by atoms with Gasteiger partial charge in [-0.2, -0.15) is 0 Å². The minimum atomic E-state index is -4.33. The number of quaternary nitrogens is 1. The molecule has 446 valence electrons. The molecule has 1 amide bonds. The Balaban J connectivity index is 4.04. The Kier molecular flexibility index (Phi) is 56.5. The Morgan fingerprint density at radius 3 is 1.16 bits per heavy atom. The summed E-state index contributed by atoms with van der Waals surface area (Å²) in [5, 5.41) is 14.1. The number of phosphoric ester groups is 1. The Morgan fingerprint density at radius 1 is 0.461 bits per heavy atom. The van der Waals surface area contributed by atoms with Gasteiger partial charge in [0.25, 0.3) is 0 Å². The van der Waals surface area contributed by atoms with Crippen molar-refractivity contribution < 1.29 is 32.9 Å². The van der Waals surface area contributed by atoms with E-state index in [9.17, 15) is 19.4 Å². The van der Waals surface area contributed by atoms with Crippen molar-refractivity contribution in [3.8, 4) is 0 Å². The molecule has 0 aliphatic rings. The molecular weight excluding hydrogens is 960 g/mol. The van der Waals surface area contributed by atoms with Gasteiger partial charge in [-0.3, -0.25) is 13.8 Å². The van der Waals surface area contributed by atoms with Crippen molar-refractivity contribution in [3.63, 3.8) is 0 Å². The van der Waals surface area contributed by atoms with Crippen LogP contribution in [-0.4, -0.2) is 73.4 Å². The van der Waals surface area contributed by atoms with E-state index in [0.29, 0.717) is 23.9 Å². The molecule has 0 aromatic carbocycles. The van der Waals surface area contributed by atoms with Gasteiger partial charge in [-0.1, -0.05) is 306 Å². The van der Waals surface area contributed by atoms with Gasteiger partial charge in [0, 0.05) is 6.42 Å². The van der Waals surface area contributed by atoms with Crippen LogP contribution in [0.1, 0.15) is 309 Å². The molecule has 0 heterocycles. The van der Waals surface area contributed by atoms with E-state index in [4.69, 9.17) is 9.05 Å². The largest absolute Gasteiger partial charge is 0.472 e. The average molecular weight is 1090 g/mol. The number of carbonyl (C=O) groups is 1. The zero-order valence-corrected chi connectivity index (χ0v) is 51.9. The molecular formula is C67H128N2O6P+. The number of amides is 1. The van der Waals surface area contributed by atoms with Gasteiger partial charge in [-0.25, -0.2) is 4.57 Å². The molecule has 3 N–H and O–H groups in total. The molecule has 3 atom stereocenters. The maximum Gasteiger partial charge on any atom is 0.472 e. The van der Waals surface area contributed by atoms with Crippen LogP contribution in [0.5, 0.6) is 0 Å². The first-order chi connectivity index (χ1) is 37.0. The zero-order valence-electron chi connectivity index (χ0n) is 51.0. The lowest BCUT2D eigenvalue weighted by molar-refractivity contribution is -0.870. The summed E-state index contributed by atoms with van der Waals surface area (Å²) in [6, 6.07) is -0.762. The molecule has 0 spiro atoms. The van der Waals surface area contributed by atoms with Crippen LogP contribution < -0.4 is 5.32 Å². The highest BCUT2D eigenvalue weighted by Crippen LogP contribution is 2.43. The third-order valence-electron chi connectivity index (χ3n) is 14.8. The van der Waals surface area contributed by atoms with Crippen LogP contribution in [0.3, 0.4) is 0 Å². The number of aliphatic hydroxyl groups excluding tert-OH is 1. The predicted octanol–water partition coefficient (Wildman–Crippen LogP) is 20.4. The summed E-state index contributed by atoms with van der Waals surface area (Å²) in [5.74, 6) is -0.141. The molecule has 0 saturated heterocycles. The van der Waals surface area contributed by atoms with Gasteiger partial charge >= 0.3 is 7.82 Å². The molecule has 0 aromatic heterocycles. The average Bonchev–Trinajstić information content (AvgIpc) is 3.38. The molecule has 0 bridgehead atoms. The third kappa shape index (κ3) is 59.9. The molecule has 0 radical (unpaired) electrons. The van der Waals surface area contributed by atoms with Crippen LogP contribution in [-0.2, 0) is 18.4 Å². The van der Waals surface area contributed by atoms with Crippen LogP contribution in [0.2, 0.25) is 0 Å². The fraction of sp³-hybridized carbons (Fsp3) is 0.836. The number of hydrogen-bond acceptors (Lipinski definition) is 5. The van der Waals surface area contributed by atoms with Crippen molar-refractivity contribution >= 4 is 13.7 Å². The molecule has 3 unspecified atom stereocenters. The molecule has 76 heavy (non-hydrogen) atoms. The highest BCUT2D eigenvalue weighted by molar-refractivity contribution is 7.47. The maximum atomic E-state index is 13.1. The fourth-order valence-corrected chi connectivity index (χ4v) is 10.5. The number of allylic oxidation sites excluding steroid dienone is 10. The third-order valence-corrected chi connectivity index (χ3v) is 15.8. The lowest BCUT2D eigenvalue weighted by Gasteiger charge is -2.26. The van der Waals surface area contributed by atoms with E-state index in [1.54, 1.807) is 0 Å². The summed E-state index contributed by atoms with van der Waals surface area (Å²) in [6.45, 7) is 4.81. The van der Waals surface area contributed by atoms with Gasteiger partial charge in [0.05, 0.1) is 39.9 Å². The zero-order chi connectivity index (χ0) is 55.6. The van der Waals surface area contributed by atoms with Crippen molar-refractivity contribution in [3.05, 3.63) is 60.8 Å². The Labute approximate surface area is 472 Å². The lowest BCUT2D eigenvalue weighted by Crippen LogP contribution is -2.46. The number of nitrogens with one attached hydrogen (secondary N) is 1. The van der Waals surface area contributed by atoms with Crippen molar-refractivity contribution in [1.82, 2.24) is 5.32 Å². The number of hydrogen-bond donors (Lipinski definition) is 3. The number of aliphatic hydroxyl groups is 1. The monoisotopic (exact) mass is 1090 g/mol. The molecule has 8 nitrogen and oxygen atoms in total. The van der Waals surface area contributed by atoms with Crippen LogP contribution in [0.4, 0.5) is 0 Å². The van der Waals surface area contributed by atoms with Gasteiger partial charge in [0.15, 0.2) is 0 Å². The van der Waals surface area contributed by atoms with Gasteiger partial charge in [0.2, 0.25) is 5.91 Å². The molecule has 0 aliphatic carbocycles. The predicted molar refractivity (Wildman–Crippen MR) is 332 cm³/mol. The molecule has 0 fully saturated rings. The second-order valence-corrected chi connectivity index (χ2v) is 24.9. The SMILES string of the molecule is CC/C=C\C/C=C\C/C=C\C/C=C\C/C=C\CCCCCCCCCCCCCCCCCCCC(=O)NC(COP(=O)(O)OCC[N+](C)(C)C)C(O)CCCCCCCCCCCCCCCCCCCCCCC. The number of phosphoric acid groups is 1. The topological polar surface area (TPSA) is 105 Å². The number of carbonyl (C=O) groups excluding carboxylic acids is 1. The van der Waals surface area contributed by atoms with Crippen LogP contribution in [0.15, 0.2) is 60.8 Å². The van der Waals surface area contributed by atoms with E-state index in [2.05, 4.69) is 79.9 Å². The van der Waals surface area contributed by atoms with Crippen molar-refractivity contribution in [2.75, 3.05) is 40.9 Å². The van der Waals surface area contributed by atoms with E-state index < -0.39 is 20.0 Å². The van der Waals surface area contributed by atoms with Crippen molar-refractivity contribution in [2.45, 2.75) is 321 Å². The fourth-order valence-electron chi connectivity index (χ4n) is 9.72. The number of rotatable bonds is 60. The van der Waals surface area contributed by atoms with Gasteiger partial charge < -0.3 is 19.8 Å². The minimum absolute atomic E-state index is 0.0750. The van der Waals surface area contributed by atoms with Crippen molar-refractivity contribution in [1.29, 1.82) is 0 Å². The first-order valence-electron chi connectivity index (χ1n) is 32.7. The van der Waals surface area contributed by atoms with Gasteiger partial charge in [-0.15, -0.1) is 0 Å². The Bertz CT molecular complexity index is 1420. The maximum absolute atomic E-state index is 13.1. The highest BCUT2D eigenvalue weighted by Gasteiger charge is 2.28. The second-order valence-electron chi connectivity index (χ2n) is 23.5. The summed E-state index contributed by atoms with van der Waals surface area (Å²) in [5.41, 5.74) is 0. The minimum Gasteiger partial charge on any atom is -0.391 e. The van der Waals surface area contributed by atoms with Crippen molar-refractivity contribution in [2.24, 2.45) is 0 Å². The normalized spacial score (nSPS) is 14.1. The van der Waals surface area contributed by atoms with Crippen LogP contribution >= 0.6 is 7.82 Å². The molecule has 0 rings (SSSR count). The van der Waals surface area contributed by atoms with E-state index >= 15 is 0 Å². The smallest absolute Gasteiger partial charge is 0.391 e. The highest BCUT2D eigenvalue weighted by atomic mass is 31.2. The molecule has 0 saturated carbocycles. The summed E-state index contributed by atoms with van der Waals surface area (Å²) < 4.78 is 23.9. The van der Waals surface area contributed by atoms with E-state index in [1.165, 1.54) is 212 Å².